The number of methoxy groups -OCH3 is 1. The SMILES string of the molecule is COC(=O)[C@@H](C)N1C(=O)S/C(=C/c2cc(C)n(-c3ccc(C(C)(C)C)cc3)c2C)C1=O. The molecule has 0 bridgehead atoms. The highest BCUT2D eigenvalue weighted by Gasteiger charge is 2.41. The molecule has 0 N–H and O–H groups in total. The predicted octanol–water partition coefficient (Wildman–Crippen LogP) is 4.99. The Balaban J connectivity index is 1.94. The monoisotopic (exact) mass is 440 g/mol. The van der Waals surface area contributed by atoms with Gasteiger partial charge >= 0.3 is 5.97 Å². The minimum Gasteiger partial charge on any atom is -0.467 e. The Morgan fingerprint density at radius 1 is 1.13 bits per heavy atom. The third-order valence-electron chi connectivity index (χ3n) is 5.50. The summed E-state index contributed by atoms with van der Waals surface area (Å²) in [5.41, 5.74) is 5.22. The number of carbonyl (C=O) groups excluding carboxylic acids is 3. The van der Waals surface area contributed by atoms with Gasteiger partial charge in [0.25, 0.3) is 11.1 Å². The Hall–Kier alpha value is -2.80. The van der Waals surface area contributed by atoms with Crippen molar-refractivity contribution in [1.82, 2.24) is 9.47 Å². The first-order valence-electron chi connectivity index (χ1n) is 10.1. The Morgan fingerprint density at radius 2 is 1.74 bits per heavy atom. The number of hydrogen-bond donors (Lipinski definition) is 0. The fourth-order valence-corrected chi connectivity index (χ4v) is 4.57. The van der Waals surface area contributed by atoms with Gasteiger partial charge in [-0.1, -0.05) is 32.9 Å². The minimum absolute atomic E-state index is 0.0781. The zero-order valence-corrected chi connectivity index (χ0v) is 19.8. The molecule has 3 rings (SSSR count). The number of amides is 2. The van der Waals surface area contributed by atoms with E-state index in [1.807, 2.05) is 19.9 Å². The zero-order chi connectivity index (χ0) is 23.1. The van der Waals surface area contributed by atoms with Crippen LogP contribution in [0, 0.1) is 13.8 Å². The molecule has 1 aliphatic rings. The number of benzene rings is 1. The van der Waals surface area contributed by atoms with E-state index in [0.717, 1.165) is 39.3 Å². The van der Waals surface area contributed by atoms with E-state index in [0.29, 0.717) is 4.91 Å². The van der Waals surface area contributed by atoms with Crippen LogP contribution in [0.15, 0.2) is 35.2 Å². The van der Waals surface area contributed by atoms with Crippen molar-refractivity contribution in [1.29, 1.82) is 0 Å². The molecule has 0 radical (unpaired) electrons. The minimum atomic E-state index is -0.961. The second-order valence-corrected chi connectivity index (χ2v) is 9.70. The number of carbonyl (C=O) groups is 3. The maximum Gasteiger partial charge on any atom is 0.328 e. The van der Waals surface area contributed by atoms with Crippen molar-refractivity contribution in [3.05, 3.63) is 57.8 Å². The molecule has 0 aliphatic carbocycles. The number of imide groups is 1. The summed E-state index contributed by atoms with van der Waals surface area (Å²) in [6.07, 6.45) is 1.72. The molecule has 1 saturated heterocycles. The molecule has 0 spiro atoms. The molecule has 164 valence electrons. The first-order valence-corrected chi connectivity index (χ1v) is 10.9. The van der Waals surface area contributed by atoms with Gasteiger partial charge in [0.1, 0.15) is 6.04 Å². The van der Waals surface area contributed by atoms with Crippen molar-refractivity contribution < 1.29 is 19.1 Å². The number of nitrogens with zero attached hydrogens (tertiary/aromatic N) is 2. The van der Waals surface area contributed by atoms with Gasteiger partial charge in [-0.2, -0.15) is 0 Å². The van der Waals surface area contributed by atoms with Crippen LogP contribution in [0.1, 0.15) is 50.2 Å². The second kappa shape index (κ2) is 8.38. The van der Waals surface area contributed by atoms with Crippen LogP contribution in [0.5, 0.6) is 0 Å². The van der Waals surface area contributed by atoms with Gasteiger partial charge in [0.2, 0.25) is 0 Å². The van der Waals surface area contributed by atoms with Gasteiger partial charge in [0.05, 0.1) is 12.0 Å². The zero-order valence-electron chi connectivity index (χ0n) is 19.0. The summed E-state index contributed by atoms with van der Waals surface area (Å²) in [6, 6.07) is 9.48. The van der Waals surface area contributed by atoms with Crippen molar-refractivity contribution in [3.8, 4) is 5.69 Å². The molecule has 2 amide bonds. The fourth-order valence-electron chi connectivity index (χ4n) is 3.67. The fraction of sp³-hybridized carbons (Fsp3) is 0.375. The van der Waals surface area contributed by atoms with E-state index < -0.39 is 23.2 Å². The van der Waals surface area contributed by atoms with Crippen LogP contribution in [0.3, 0.4) is 0 Å². The molecule has 1 fully saturated rings. The largest absolute Gasteiger partial charge is 0.467 e. The molecule has 31 heavy (non-hydrogen) atoms. The molecule has 1 atom stereocenters. The number of thioether (sulfide) groups is 1. The summed E-state index contributed by atoms with van der Waals surface area (Å²) < 4.78 is 6.80. The van der Waals surface area contributed by atoms with E-state index in [-0.39, 0.29) is 5.41 Å². The summed E-state index contributed by atoms with van der Waals surface area (Å²) in [5.74, 6) is -1.10. The van der Waals surface area contributed by atoms with Crippen molar-refractivity contribution in [3.63, 3.8) is 0 Å². The van der Waals surface area contributed by atoms with Crippen LogP contribution in [-0.2, 0) is 19.7 Å². The Kier molecular flexibility index (Phi) is 6.18. The highest BCUT2D eigenvalue weighted by atomic mass is 32.2. The molecule has 7 heteroatoms. The van der Waals surface area contributed by atoms with E-state index in [1.165, 1.54) is 19.6 Å². The van der Waals surface area contributed by atoms with Crippen LogP contribution in [-0.4, -0.2) is 39.7 Å². The van der Waals surface area contributed by atoms with E-state index in [9.17, 15) is 14.4 Å². The molecule has 2 heterocycles. The van der Waals surface area contributed by atoms with Crippen LogP contribution in [0.4, 0.5) is 4.79 Å². The molecule has 2 aromatic rings. The molecule has 6 nitrogen and oxygen atoms in total. The average Bonchev–Trinajstić information content (AvgIpc) is 3.14. The van der Waals surface area contributed by atoms with E-state index in [1.54, 1.807) is 6.08 Å². The number of aromatic nitrogens is 1. The summed E-state index contributed by atoms with van der Waals surface area (Å²) >= 11 is 0.839. The lowest BCUT2D eigenvalue weighted by Crippen LogP contribution is -2.42. The Bertz CT molecular complexity index is 1070. The Labute approximate surface area is 187 Å². The average molecular weight is 441 g/mol. The highest BCUT2D eigenvalue weighted by molar-refractivity contribution is 8.18. The van der Waals surface area contributed by atoms with Crippen LogP contribution < -0.4 is 0 Å². The number of esters is 1. The smallest absolute Gasteiger partial charge is 0.328 e. The maximum atomic E-state index is 12.8. The molecule has 0 saturated carbocycles. The number of aryl methyl sites for hydroxylation is 1. The topological polar surface area (TPSA) is 68.6 Å². The van der Waals surface area contributed by atoms with E-state index in [2.05, 4.69) is 54.3 Å². The summed E-state index contributed by atoms with van der Waals surface area (Å²) in [4.78, 5) is 38.2. The lowest BCUT2D eigenvalue weighted by Gasteiger charge is -2.20. The second-order valence-electron chi connectivity index (χ2n) is 8.71. The van der Waals surface area contributed by atoms with Gasteiger partial charge < -0.3 is 9.30 Å². The van der Waals surface area contributed by atoms with Crippen molar-refractivity contribution >= 4 is 35.0 Å². The quantitative estimate of drug-likeness (QED) is 0.495. The standard InChI is InChI=1S/C24H28N2O4S/c1-14-12-17(13-20-21(27)26(23(29)31-20)16(3)22(28)30-7)15(2)25(14)19-10-8-18(9-11-19)24(4,5)6/h8-13,16H,1-7H3/b20-13+/t16-/m1/s1. The van der Waals surface area contributed by atoms with Gasteiger partial charge in [0, 0.05) is 17.1 Å². The molecule has 1 aliphatic heterocycles. The molecule has 1 aromatic carbocycles. The van der Waals surface area contributed by atoms with Crippen molar-refractivity contribution in [2.45, 2.75) is 53.0 Å². The predicted molar refractivity (Wildman–Crippen MR) is 123 cm³/mol. The summed E-state index contributed by atoms with van der Waals surface area (Å²) in [7, 11) is 1.23. The highest BCUT2D eigenvalue weighted by Crippen LogP contribution is 2.35. The van der Waals surface area contributed by atoms with Gasteiger partial charge in [0.15, 0.2) is 0 Å². The van der Waals surface area contributed by atoms with Crippen LogP contribution in [0.2, 0.25) is 0 Å². The van der Waals surface area contributed by atoms with Gasteiger partial charge in [-0.25, -0.2) is 4.79 Å². The lowest BCUT2D eigenvalue weighted by molar-refractivity contribution is -0.148. The van der Waals surface area contributed by atoms with Gasteiger partial charge in [-0.05, 0) is 73.4 Å². The van der Waals surface area contributed by atoms with Crippen molar-refractivity contribution in [2.75, 3.05) is 7.11 Å². The molecule has 0 unspecified atom stereocenters. The molecule has 1 aromatic heterocycles. The van der Waals surface area contributed by atoms with Crippen LogP contribution in [0.25, 0.3) is 11.8 Å². The Morgan fingerprint density at radius 3 is 2.29 bits per heavy atom. The third-order valence-corrected chi connectivity index (χ3v) is 6.39. The number of hydrogen-bond acceptors (Lipinski definition) is 5. The van der Waals surface area contributed by atoms with Gasteiger partial charge in [-0.15, -0.1) is 0 Å². The summed E-state index contributed by atoms with van der Waals surface area (Å²) in [6.45, 7) is 12.0. The van der Waals surface area contributed by atoms with Crippen molar-refractivity contribution in [2.24, 2.45) is 0 Å². The third kappa shape index (κ3) is 4.32. The number of ether oxygens (including phenoxy) is 1. The van der Waals surface area contributed by atoms with Gasteiger partial charge in [-0.3, -0.25) is 14.5 Å². The normalized spacial score (nSPS) is 16.9. The number of rotatable bonds is 4. The lowest BCUT2D eigenvalue weighted by atomic mass is 9.87. The van der Waals surface area contributed by atoms with E-state index in [4.69, 9.17) is 0 Å². The molecular weight excluding hydrogens is 412 g/mol. The first kappa shape index (κ1) is 22.9. The van der Waals surface area contributed by atoms with E-state index >= 15 is 0 Å². The first-order chi connectivity index (χ1) is 14.5. The van der Waals surface area contributed by atoms with Crippen LogP contribution >= 0.6 is 11.8 Å². The molecular formula is C24H28N2O4S. The summed E-state index contributed by atoms with van der Waals surface area (Å²) in [5, 5.41) is -0.472. The maximum absolute atomic E-state index is 12.8.